The number of hydrogen-bond donors (Lipinski definition) is 2. The van der Waals surface area contributed by atoms with Crippen LogP contribution in [0.5, 0.6) is 0 Å². The molecule has 3 nitrogen and oxygen atoms in total. The molecule has 2 unspecified atom stereocenters. The van der Waals surface area contributed by atoms with Gasteiger partial charge < -0.3 is 10.6 Å². The van der Waals surface area contributed by atoms with Crippen LogP contribution in [0.1, 0.15) is 46.0 Å². The number of amides is 1. The number of hydrogen-bond acceptors (Lipinski definition) is 2. The van der Waals surface area contributed by atoms with Crippen molar-refractivity contribution < 1.29 is 4.79 Å². The summed E-state index contributed by atoms with van der Waals surface area (Å²) in [5, 5.41) is 6.52. The van der Waals surface area contributed by atoms with E-state index in [1.165, 1.54) is 19.3 Å². The summed E-state index contributed by atoms with van der Waals surface area (Å²) in [7, 11) is 0. The van der Waals surface area contributed by atoms with E-state index < -0.39 is 0 Å². The van der Waals surface area contributed by atoms with Crippen molar-refractivity contribution >= 4 is 5.91 Å². The molecule has 1 saturated carbocycles. The minimum atomic E-state index is 0.0381. The maximum atomic E-state index is 12.0. The second kappa shape index (κ2) is 4.12. The van der Waals surface area contributed by atoms with Gasteiger partial charge in [-0.25, -0.2) is 0 Å². The molecule has 1 amide bonds. The van der Waals surface area contributed by atoms with E-state index in [9.17, 15) is 4.79 Å². The third-order valence-corrected chi connectivity index (χ3v) is 3.93. The van der Waals surface area contributed by atoms with Crippen molar-refractivity contribution in [2.24, 2.45) is 5.92 Å². The molecule has 1 heterocycles. The molecule has 86 valence electrons. The van der Waals surface area contributed by atoms with Crippen molar-refractivity contribution in [1.82, 2.24) is 10.6 Å². The third kappa shape index (κ3) is 2.33. The van der Waals surface area contributed by atoms with Crippen LogP contribution >= 0.6 is 0 Å². The molecular weight excluding hydrogens is 188 g/mol. The predicted molar refractivity (Wildman–Crippen MR) is 60.6 cm³/mol. The monoisotopic (exact) mass is 210 g/mol. The van der Waals surface area contributed by atoms with Gasteiger partial charge in [-0.15, -0.1) is 0 Å². The van der Waals surface area contributed by atoms with Crippen LogP contribution in [-0.2, 0) is 4.79 Å². The Bertz CT molecular complexity index is 248. The maximum Gasteiger partial charge on any atom is 0.237 e. The van der Waals surface area contributed by atoms with Crippen LogP contribution in [0.4, 0.5) is 0 Å². The molecule has 2 rings (SSSR count). The first-order chi connectivity index (χ1) is 7.11. The second-order valence-corrected chi connectivity index (χ2v) is 5.45. The summed E-state index contributed by atoms with van der Waals surface area (Å²) in [6, 6.07) is 0.0381. The number of piperidine rings is 1. The molecule has 0 bridgehead atoms. The molecule has 1 aliphatic carbocycles. The molecule has 0 aromatic rings. The van der Waals surface area contributed by atoms with Gasteiger partial charge in [-0.1, -0.05) is 6.92 Å². The average molecular weight is 210 g/mol. The third-order valence-electron chi connectivity index (χ3n) is 3.93. The minimum Gasteiger partial charge on any atom is -0.350 e. The van der Waals surface area contributed by atoms with E-state index in [0.29, 0.717) is 5.92 Å². The molecule has 1 aliphatic heterocycles. The van der Waals surface area contributed by atoms with Gasteiger partial charge in [0, 0.05) is 5.54 Å². The highest BCUT2D eigenvalue weighted by Gasteiger charge is 2.36. The molecule has 2 atom stereocenters. The highest BCUT2D eigenvalue weighted by Crippen LogP contribution is 2.31. The first kappa shape index (κ1) is 10.9. The Kier molecular flexibility index (Phi) is 3.01. The van der Waals surface area contributed by atoms with E-state index in [-0.39, 0.29) is 17.5 Å². The topological polar surface area (TPSA) is 41.1 Å². The zero-order chi connectivity index (χ0) is 10.9. The SMILES string of the molecule is CC1CCCNC1C(=O)NC1(C)CCC1. The van der Waals surface area contributed by atoms with Gasteiger partial charge in [-0.2, -0.15) is 0 Å². The molecule has 3 heteroatoms. The van der Waals surface area contributed by atoms with Gasteiger partial charge in [0.05, 0.1) is 6.04 Å². The normalized spacial score (nSPS) is 34.3. The zero-order valence-electron chi connectivity index (χ0n) is 9.81. The number of carbonyl (C=O) groups is 1. The predicted octanol–water partition coefficient (Wildman–Crippen LogP) is 1.43. The largest absolute Gasteiger partial charge is 0.350 e. The lowest BCUT2D eigenvalue weighted by atomic mass is 9.78. The van der Waals surface area contributed by atoms with Crippen molar-refractivity contribution in [3.8, 4) is 0 Å². The van der Waals surface area contributed by atoms with E-state index in [4.69, 9.17) is 0 Å². The van der Waals surface area contributed by atoms with Gasteiger partial charge in [0.2, 0.25) is 5.91 Å². The summed E-state index contributed by atoms with van der Waals surface area (Å²) in [6.45, 7) is 5.31. The average Bonchev–Trinajstić information content (AvgIpc) is 2.16. The van der Waals surface area contributed by atoms with Gasteiger partial charge in [-0.3, -0.25) is 4.79 Å². The van der Waals surface area contributed by atoms with Crippen LogP contribution in [0.3, 0.4) is 0 Å². The maximum absolute atomic E-state index is 12.0. The van der Waals surface area contributed by atoms with Crippen LogP contribution in [0.25, 0.3) is 0 Å². The number of rotatable bonds is 2. The number of carbonyl (C=O) groups excluding carboxylic acids is 1. The fourth-order valence-corrected chi connectivity index (χ4v) is 2.61. The minimum absolute atomic E-state index is 0.0381. The summed E-state index contributed by atoms with van der Waals surface area (Å²) >= 11 is 0. The van der Waals surface area contributed by atoms with E-state index in [1.807, 2.05) is 0 Å². The molecule has 0 spiro atoms. The van der Waals surface area contributed by atoms with E-state index in [0.717, 1.165) is 19.4 Å². The molecule has 2 fully saturated rings. The molecule has 1 saturated heterocycles. The number of nitrogens with one attached hydrogen (secondary N) is 2. The van der Waals surface area contributed by atoms with Crippen molar-refractivity contribution in [1.29, 1.82) is 0 Å². The Balaban J connectivity index is 1.89. The van der Waals surface area contributed by atoms with Gasteiger partial charge in [0.15, 0.2) is 0 Å². The van der Waals surface area contributed by atoms with Crippen molar-refractivity contribution in [3.63, 3.8) is 0 Å². The Morgan fingerprint density at radius 3 is 2.67 bits per heavy atom. The molecule has 15 heavy (non-hydrogen) atoms. The van der Waals surface area contributed by atoms with Gasteiger partial charge >= 0.3 is 0 Å². The molecule has 2 aliphatic rings. The summed E-state index contributed by atoms with van der Waals surface area (Å²) in [6.07, 6.45) is 5.90. The highest BCUT2D eigenvalue weighted by molar-refractivity contribution is 5.83. The fourth-order valence-electron chi connectivity index (χ4n) is 2.61. The highest BCUT2D eigenvalue weighted by atomic mass is 16.2. The van der Waals surface area contributed by atoms with E-state index in [1.54, 1.807) is 0 Å². The first-order valence-corrected chi connectivity index (χ1v) is 6.16. The standard InChI is InChI=1S/C12H22N2O/c1-9-5-3-8-13-10(9)11(15)14-12(2)6-4-7-12/h9-10,13H,3-8H2,1-2H3,(H,14,15). The van der Waals surface area contributed by atoms with E-state index in [2.05, 4.69) is 24.5 Å². The summed E-state index contributed by atoms with van der Waals surface area (Å²) in [4.78, 5) is 12.0. The van der Waals surface area contributed by atoms with Crippen molar-refractivity contribution in [2.75, 3.05) is 6.54 Å². The van der Waals surface area contributed by atoms with Gasteiger partial charge in [0.25, 0.3) is 0 Å². The quantitative estimate of drug-likeness (QED) is 0.724. The lowest BCUT2D eigenvalue weighted by molar-refractivity contribution is -0.127. The molecule has 0 aromatic carbocycles. The van der Waals surface area contributed by atoms with Gasteiger partial charge in [-0.05, 0) is 51.5 Å². The van der Waals surface area contributed by atoms with Crippen LogP contribution in [0.2, 0.25) is 0 Å². The second-order valence-electron chi connectivity index (χ2n) is 5.45. The lowest BCUT2D eigenvalue weighted by Crippen LogP contribution is -2.58. The fraction of sp³-hybridized carbons (Fsp3) is 0.917. The smallest absolute Gasteiger partial charge is 0.237 e. The first-order valence-electron chi connectivity index (χ1n) is 6.16. The Hall–Kier alpha value is -0.570. The Morgan fingerprint density at radius 1 is 1.40 bits per heavy atom. The summed E-state index contributed by atoms with van der Waals surface area (Å²) in [5.41, 5.74) is 0.0932. The van der Waals surface area contributed by atoms with Crippen LogP contribution < -0.4 is 10.6 Å². The zero-order valence-corrected chi connectivity index (χ0v) is 9.81. The lowest BCUT2D eigenvalue weighted by Gasteiger charge is -2.41. The molecule has 2 N–H and O–H groups in total. The summed E-state index contributed by atoms with van der Waals surface area (Å²) in [5.74, 6) is 0.687. The van der Waals surface area contributed by atoms with Gasteiger partial charge in [0.1, 0.15) is 0 Å². The van der Waals surface area contributed by atoms with E-state index >= 15 is 0 Å². The van der Waals surface area contributed by atoms with Crippen molar-refractivity contribution in [3.05, 3.63) is 0 Å². The van der Waals surface area contributed by atoms with Crippen LogP contribution in [-0.4, -0.2) is 24.0 Å². The Morgan fingerprint density at radius 2 is 2.13 bits per heavy atom. The van der Waals surface area contributed by atoms with Crippen LogP contribution in [0, 0.1) is 5.92 Å². The molecule has 0 aromatic heterocycles. The molecule has 0 radical (unpaired) electrons. The summed E-state index contributed by atoms with van der Waals surface area (Å²) < 4.78 is 0. The molecular formula is C12H22N2O. The Labute approximate surface area is 92.0 Å². The van der Waals surface area contributed by atoms with Crippen molar-refractivity contribution in [2.45, 2.75) is 57.5 Å². The van der Waals surface area contributed by atoms with Crippen LogP contribution in [0.15, 0.2) is 0 Å².